The maximum absolute atomic E-state index is 12.6. The molecule has 1 atom stereocenters. The van der Waals surface area contributed by atoms with Crippen molar-refractivity contribution in [1.29, 1.82) is 0 Å². The normalized spacial score (nSPS) is 15.5. The van der Waals surface area contributed by atoms with E-state index < -0.39 is 8.32 Å². The second-order valence-electron chi connectivity index (χ2n) is 11.9. The molecule has 202 valence electrons. The lowest BCUT2D eigenvalue weighted by Crippen LogP contribution is -2.41. The Bertz CT molecular complexity index is 877. The third-order valence-electron chi connectivity index (χ3n) is 8.03. The molecule has 0 aliphatic heterocycles. The van der Waals surface area contributed by atoms with Crippen LogP contribution in [0.25, 0.3) is 5.57 Å². The highest BCUT2D eigenvalue weighted by atomic mass is 28.4. The number of carbonyl (C=O) groups is 2. The number of carbonyl (C=O) groups excluding carboxylic acids is 2. The quantitative estimate of drug-likeness (QED) is 0.133. The van der Waals surface area contributed by atoms with Crippen LogP contribution < -0.4 is 0 Å². The minimum absolute atomic E-state index is 0.134. The van der Waals surface area contributed by atoms with Crippen LogP contribution in [0.2, 0.25) is 18.1 Å². The van der Waals surface area contributed by atoms with Crippen molar-refractivity contribution >= 4 is 25.6 Å². The van der Waals surface area contributed by atoms with Gasteiger partial charge in [-0.2, -0.15) is 0 Å². The Kier molecular flexibility index (Phi) is 12.1. The van der Waals surface area contributed by atoms with Crippen LogP contribution in [0, 0.1) is 0 Å². The molecule has 1 aliphatic rings. The van der Waals surface area contributed by atoms with Gasteiger partial charge in [-0.1, -0.05) is 84.1 Å². The third kappa shape index (κ3) is 8.99. The highest BCUT2D eigenvalue weighted by Gasteiger charge is 2.39. The number of ketones is 1. The first kappa shape index (κ1) is 30.5. The first-order valence-corrected chi connectivity index (χ1v) is 17.0. The molecule has 1 aromatic carbocycles. The van der Waals surface area contributed by atoms with E-state index in [4.69, 9.17) is 9.16 Å². The predicted molar refractivity (Wildman–Crippen MR) is 152 cm³/mol. The van der Waals surface area contributed by atoms with E-state index in [0.29, 0.717) is 18.6 Å². The molecule has 0 saturated heterocycles. The lowest BCUT2D eigenvalue weighted by Gasteiger charge is -2.39. The van der Waals surface area contributed by atoms with Gasteiger partial charge in [0.15, 0.2) is 14.1 Å². The molecule has 0 N–H and O–H groups in total. The molecule has 0 bridgehead atoms. The number of unbranched alkanes of at least 4 members (excludes halogenated alkanes) is 5. The number of hydrogen-bond donors (Lipinski definition) is 0. The Balaban J connectivity index is 2.10. The molecule has 1 aliphatic carbocycles. The van der Waals surface area contributed by atoms with Crippen LogP contribution in [0.1, 0.15) is 122 Å². The Morgan fingerprint density at radius 2 is 1.64 bits per heavy atom. The maximum Gasteiger partial charge on any atom is 0.305 e. The Labute approximate surface area is 221 Å². The molecule has 1 unspecified atom stereocenters. The van der Waals surface area contributed by atoms with Crippen molar-refractivity contribution in [2.75, 3.05) is 7.11 Å². The number of rotatable bonds is 15. The van der Waals surface area contributed by atoms with Gasteiger partial charge in [-0.3, -0.25) is 9.59 Å². The SMILES string of the molecule is CCCCCC(O[Si](C)(C)C(C)(C)C)c1ccc(C2=C(CCCCCCC(=O)OC)C(=O)CC2)cc1. The molecular formula is C31H50O4Si. The lowest BCUT2D eigenvalue weighted by atomic mass is 9.95. The van der Waals surface area contributed by atoms with Gasteiger partial charge in [-0.25, -0.2) is 0 Å². The standard InChI is InChI=1S/C31H50O4Si/c1-8-9-12-16-29(35-36(6,7)31(2,3)4)25-20-18-24(19-21-25)26-22-23-28(32)27(26)15-13-10-11-14-17-30(33)34-5/h18-21,29H,8-17,22-23H2,1-7H3. The van der Waals surface area contributed by atoms with Crippen molar-refractivity contribution in [2.24, 2.45) is 0 Å². The van der Waals surface area contributed by atoms with Crippen molar-refractivity contribution in [3.8, 4) is 0 Å². The Hall–Kier alpha value is -1.72. The molecule has 0 amide bonds. The molecule has 4 nitrogen and oxygen atoms in total. The average Bonchev–Trinajstić information content (AvgIpc) is 3.20. The third-order valence-corrected chi connectivity index (χ3v) is 12.5. The van der Waals surface area contributed by atoms with Crippen LogP contribution in [-0.2, 0) is 18.8 Å². The summed E-state index contributed by atoms with van der Waals surface area (Å²) >= 11 is 0. The molecule has 5 heteroatoms. The zero-order valence-corrected chi connectivity index (χ0v) is 25.0. The molecule has 0 aromatic heterocycles. The fourth-order valence-corrected chi connectivity index (χ4v) is 5.97. The van der Waals surface area contributed by atoms with Gasteiger partial charge in [0.25, 0.3) is 0 Å². The summed E-state index contributed by atoms with van der Waals surface area (Å²) in [5, 5.41) is 0.180. The number of benzene rings is 1. The molecule has 1 aromatic rings. The van der Waals surface area contributed by atoms with Gasteiger partial charge in [-0.15, -0.1) is 0 Å². The molecule has 2 rings (SSSR count). The summed E-state index contributed by atoms with van der Waals surface area (Å²) in [5.74, 6) is 0.166. The Morgan fingerprint density at radius 1 is 0.972 bits per heavy atom. The Morgan fingerprint density at radius 3 is 2.25 bits per heavy atom. The fraction of sp³-hybridized carbons (Fsp3) is 0.677. The van der Waals surface area contributed by atoms with E-state index in [-0.39, 0.29) is 17.1 Å². The van der Waals surface area contributed by atoms with Crippen LogP contribution in [-0.4, -0.2) is 27.2 Å². The molecule has 0 radical (unpaired) electrons. The van der Waals surface area contributed by atoms with Gasteiger partial charge in [-0.05, 0) is 72.5 Å². The maximum atomic E-state index is 12.6. The number of ether oxygens (including phenoxy) is 1. The second kappa shape index (κ2) is 14.3. The average molecular weight is 515 g/mol. The second-order valence-corrected chi connectivity index (χ2v) is 16.6. The molecule has 0 heterocycles. The number of esters is 1. The van der Waals surface area contributed by atoms with E-state index in [9.17, 15) is 9.59 Å². The van der Waals surface area contributed by atoms with E-state index in [0.717, 1.165) is 50.5 Å². The zero-order valence-electron chi connectivity index (χ0n) is 24.0. The van der Waals surface area contributed by atoms with Crippen molar-refractivity contribution < 1.29 is 18.8 Å². The van der Waals surface area contributed by atoms with Gasteiger partial charge in [0.1, 0.15) is 0 Å². The highest BCUT2D eigenvalue weighted by molar-refractivity contribution is 6.74. The number of hydrogen-bond acceptors (Lipinski definition) is 4. The van der Waals surface area contributed by atoms with E-state index >= 15 is 0 Å². The molecule has 0 spiro atoms. The van der Waals surface area contributed by atoms with Gasteiger partial charge >= 0.3 is 5.97 Å². The summed E-state index contributed by atoms with van der Waals surface area (Å²) in [5.41, 5.74) is 4.70. The number of Topliss-reactive ketones (excluding diaryl/α,β-unsaturated/α-hetero) is 1. The van der Waals surface area contributed by atoms with Crippen molar-refractivity contribution in [2.45, 2.75) is 129 Å². The minimum Gasteiger partial charge on any atom is -0.469 e. The van der Waals surface area contributed by atoms with E-state index in [2.05, 4.69) is 65.1 Å². The monoisotopic (exact) mass is 514 g/mol. The van der Waals surface area contributed by atoms with E-state index in [1.165, 1.54) is 43.1 Å². The van der Waals surface area contributed by atoms with Gasteiger partial charge < -0.3 is 9.16 Å². The summed E-state index contributed by atoms with van der Waals surface area (Å²) in [6.07, 6.45) is 11.5. The molecule has 0 saturated carbocycles. The fourth-order valence-electron chi connectivity index (χ4n) is 4.65. The number of allylic oxidation sites excluding steroid dienone is 2. The summed E-state index contributed by atoms with van der Waals surface area (Å²) < 4.78 is 11.6. The molecule has 36 heavy (non-hydrogen) atoms. The van der Waals surface area contributed by atoms with E-state index in [1.54, 1.807) is 0 Å². The van der Waals surface area contributed by atoms with Gasteiger partial charge in [0, 0.05) is 12.8 Å². The minimum atomic E-state index is -1.88. The summed E-state index contributed by atoms with van der Waals surface area (Å²) in [6, 6.07) is 8.89. The predicted octanol–water partition coefficient (Wildman–Crippen LogP) is 8.96. The summed E-state index contributed by atoms with van der Waals surface area (Å²) in [4.78, 5) is 23.9. The first-order valence-electron chi connectivity index (χ1n) is 14.1. The van der Waals surface area contributed by atoms with E-state index in [1.807, 2.05) is 0 Å². The van der Waals surface area contributed by atoms with Crippen LogP contribution in [0.15, 0.2) is 29.8 Å². The summed E-state index contributed by atoms with van der Waals surface area (Å²) in [6.45, 7) is 13.8. The van der Waals surface area contributed by atoms with Gasteiger partial charge in [0.05, 0.1) is 13.2 Å². The number of methoxy groups -OCH3 is 1. The largest absolute Gasteiger partial charge is 0.469 e. The first-order chi connectivity index (χ1) is 17.0. The lowest BCUT2D eigenvalue weighted by molar-refractivity contribution is -0.140. The summed E-state index contributed by atoms with van der Waals surface area (Å²) in [7, 11) is -0.450. The van der Waals surface area contributed by atoms with Crippen molar-refractivity contribution in [3.05, 3.63) is 41.0 Å². The van der Waals surface area contributed by atoms with Gasteiger partial charge in [0.2, 0.25) is 0 Å². The van der Waals surface area contributed by atoms with Crippen LogP contribution >= 0.6 is 0 Å². The topological polar surface area (TPSA) is 52.6 Å². The van der Waals surface area contributed by atoms with Crippen molar-refractivity contribution in [1.82, 2.24) is 0 Å². The van der Waals surface area contributed by atoms with Crippen LogP contribution in [0.5, 0.6) is 0 Å². The van der Waals surface area contributed by atoms with Crippen LogP contribution in [0.3, 0.4) is 0 Å². The molecular weight excluding hydrogens is 464 g/mol. The zero-order chi connectivity index (χ0) is 26.8. The highest BCUT2D eigenvalue weighted by Crippen LogP contribution is 2.41. The molecule has 0 fully saturated rings. The van der Waals surface area contributed by atoms with Crippen LogP contribution in [0.4, 0.5) is 0 Å². The van der Waals surface area contributed by atoms with Crippen molar-refractivity contribution in [3.63, 3.8) is 0 Å². The smallest absolute Gasteiger partial charge is 0.305 e.